The Kier molecular flexibility index (Phi) is 5.67. The Labute approximate surface area is 163 Å². The molecule has 2 amide bonds. The predicted octanol–water partition coefficient (Wildman–Crippen LogP) is 6.02. The number of nitrogens with zero attached hydrogens (tertiary/aromatic N) is 2. The van der Waals surface area contributed by atoms with Gasteiger partial charge in [-0.15, -0.1) is 0 Å². The Morgan fingerprint density at radius 3 is 2.63 bits per heavy atom. The average Bonchev–Trinajstić information content (AvgIpc) is 2.97. The molecular weight excluding hydrogens is 399 g/mol. The number of benzene rings is 2. The van der Waals surface area contributed by atoms with E-state index in [9.17, 15) is 18.0 Å². The second-order valence-corrected chi connectivity index (χ2v) is 7.76. The van der Waals surface area contributed by atoms with Crippen LogP contribution in [0.15, 0.2) is 53.5 Å². The molecule has 1 N–H and O–H groups in total. The van der Waals surface area contributed by atoms with Crippen molar-refractivity contribution in [2.45, 2.75) is 18.3 Å². The topological polar surface area (TPSA) is 44.7 Å². The normalized spacial score (nSPS) is 18.8. The largest absolute Gasteiger partial charge is 0.416 e. The highest BCUT2D eigenvalue weighted by Crippen LogP contribution is 2.32. The molecule has 0 radical (unpaired) electrons. The zero-order valence-corrected chi connectivity index (χ0v) is 15.7. The van der Waals surface area contributed by atoms with Crippen LogP contribution in [-0.4, -0.2) is 27.9 Å². The van der Waals surface area contributed by atoms with Crippen molar-refractivity contribution in [1.82, 2.24) is 4.90 Å². The fraction of sp³-hybridized carbons (Fsp3) is 0.222. The van der Waals surface area contributed by atoms with Crippen LogP contribution in [0.2, 0.25) is 5.02 Å². The van der Waals surface area contributed by atoms with Crippen LogP contribution >= 0.6 is 23.4 Å². The molecule has 1 aliphatic rings. The van der Waals surface area contributed by atoms with E-state index in [0.29, 0.717) is 22.4 Å². The van der Waals surface area contributed by atoms with Crippen molar-refractivity contribution >= 4 is 45.9 Å². The summed E-state index contributed by atoms with van der Waals surface area (Å²) in [7, 11) is 0. The van der Waals surface area contributed by atoms with E-state index in [4.69, 9.17) is 11.6 Å². The molecule has 0 bridgehead atoms. The van der Waals surface area contributed by atoms with Crippen molar-refractivity contribution < 1.29 is 18.0 Å². The van der Waals surface area contributed by atoms with E-state index in [1.54, 1.807) is 24.3 Å². The molecule has 0 aromatic heterocycles. The number of urea groups is 1. The lowest BCUT2D eigenvalue weighted by Gasteiger charge is -2.17. The van der Waals surface area contributed by atoms with Gasteiger partial charge in [0.25, 0.3) is 0 Å². The molecule has 2 aromatic carbocycles. The maximum atomic E-state index is 12.8. The molecule has 3 rings (SSSR count). The van der Waals surface area contributed by atoms with E-state index in [1.165, 1.54) is 28.8 Å². The fourth-order valence-corrected chi connectivity index (χ4v) is 3.62. The molecule has 0 aliphatic carbocycles. The summed E-state index contributed by atoms with van der Waals surface area (Å²) in [6, 6.07) is 10.8. The summed E-state index contributed by atoms with van der Waals surface area (Å²) in [5, 5.41) is 3.68. The number of anilines is 1. The number of aliphatic imine (C=N–C) groups is 1. The van der Waals surface area contributed by atoms with E-state index >= 15 is 0 Å². The molecule has 0 spiro atoms. The molecule has 4 nitrogen and oxygen atoms in total. The first kappa shape index (κ1) is 19.6. The molecule has 142 valence electrons. The van der Waals surface area contributed by atoms with E-state index in [2.05, 4.69) is 10.3 Å². The third-order valence-electron chi connectivity index (χ3n) is 3.71. The van der Waals surface area contributed by atoms with Crippen molar-refractivity contribution in [3.8, 4) is 0 Å². The fourth-order valence-electron chi connectivity index (χ4n) is 2.46. The van der Waals surface area contributed by atoms with Crippen LogP contribution in [0, 0.1) is 0 Å². The van der Waals surface area contributed by atoms with Gasteiger partial charge in [-0.3, -0.25) is 4.90 Å². The monoisotopic (exact) mass is 413 g/mol. The van der Waals surface area contributed by atoms with Crippen molar-refractivity contribution in [2.24, 2.45) is 4.99 Å². The number of carbonyl (C=O) groups is 1. The molecule has 9 heteroatoms. The van der Waals surface area contributed by atoms with Crippen LogP contribution in [0.3, 0.4) is 0 Å². The SMILES string of the molecule is C[C@H]1CN(C(=O)Nc2cccc(C(F)(F)F)c2)C(=Nc2ccc(Cl)cc2)S1. The highest BCUT2D eigenvalue weighted by atomic mass is 35.5. The first-order valence-corrected chi connectivity index (χ1v) is 9.25. The molecule has 1 heterocycles. The van der Waals surface area contributed by atoms with Crippen LogP contribution in [-0.2, 0) is 6.18 Å². The number of hydrogen-bond donors (Lipinski definition) is 1. The van der Waals surface area contributed by atoms with Crippen molar-refractivity contribution in [2.75, 3.05) is 11.9 Å². The molecule has 0 unspecified atom stereocenters. The number of thioether (sulfide) groups is 1. The molecule has 2 aromatic rings. The van der Waals surface area contributed by atoms with Gasteiger partial charge < -0.3 is 5.32 Å². The molecular formula is C18H15ClF3N3OS. The predicted molar refractivity (Wildman–Crippen MR) is 103 cm³/mol. The number of amidine groups is 1. The van der Waals surface area contributed by atoms with Crippen molar-refractivity contribution in [3.63, 3.8) is 0 Å². The van der Waals surface area contributed by atoms with Gasteiger partial charge in [-0.25, -0.2) is 9.79 Å². The van der Waals surface area contributed by atoms with Gasteiger partial charge >= 0.3 is 12.2 Å². The lowest BCUT2D eigenvalue weighted by atomic mass is 10.2. The van der Waals surface area contributed by atoms with Crippen LogP contribution in [0.1, 0.15) is 12.5 Å². The zero-order chi connectivity index (χ0) is 19.6. The first-order valence-electron chi connectivity index (χ1n) is 7.99. The van der Waals surface area contributed by atoms with Crippen LogP contribution < -0.4 is 5.32 Å². The minimum Gasteiger partial charge on any atom is -0.307 e. The lowest BCUT2D eigenvalue weighted by Crippen LogP contribution is -2.36. The number of carbonyl (C=O) groups excluding carboxylic acids is 1. The smallest absolute Gasteiger partial charge is 0.307 e. The minimum atomic E-state index is -4.47. The van der Waals surface area contributed by atoms with Gasteiger partial charge in [-0.05, 0) is 42.5 Å². The second-order valence-electron chi connectivity index (χ2n) is 5.92. The van der Waals surface area contributed by atoms with E-state index in [-0.39, 0.29) is 10.9 Å². The number of amides is 2. The number of rotatable bonds is 2. The van der Waals surface area contributed by atoms with Crippen molar-refractivity contribution in [3.05, 3.63) is 59.1 Å². The third kappa shape index (κ3) is 4.95. The summed E-state index contributed by atoms with van der Waals surface area (Å²) in [5.41, 5.74) is -0.113. The summed E-state index contributed by atoms with van der Waals surface area (Å²) < 4.78 is 38.5. The molecule has 1 fully saturated rings. The Morgan fingerprint density at radius 1 is 1.26 bits per heavy atom. The third-order valence-corrected chi connectivity index (χ3v) is 5.04. The van der Waals surface area contributed by atoms with Gasteiger partial charge in [0.05, 0.1) is 11.3 Å². The maximum absolute atomic E-state index is 12.8. The first-order chi connectivity index (χ1) is 12.7. The highest BCUT2D eigenvalue weighted by Gasteiger charge is 2.32. The van der Waals surface area contributed by atoms with Crippen molar-refractivity contribution in [1.29, 1.82) is 0 Å². The second kappa shape index (κ2) is 7.82. The van der Waals surface area contributed by atoms with Gasteiger partial charge in [0.2, 0.25) is 0 Å². The van der Waals surface area contributed by atoms with Crippen LogP contribution in [0.4, 0.5) is 29.3 Å². The Bertz CT molecular complexity index is 871. The molecule has 27 heavy (non-hydrogen) atoms. The summed E-state index contributed by atoms with van der Waals surface area (Å²) in [6.07, 6.45) is -4.47. The Morgan fingerprint density at radius 2 is 1.96 bits per heavy atom. The standard InChI is InChI=1S/C18H15ClF3N3OS/c1-11-10-25(17(27-11)24-14-7-5-13(19)6-8-14)16(26)23-15-4-2-3-12(9-15)18(20,21)22/h2-9,11H,10H2,1H3,(H,23,26)/t11-/m0/s1. The Hall–Kier alpha value is -2.19. The summed E-state index contributed by atoms with van der Waals surface area (Å²) in [5.74, 6) is 0. The van der Waals surface area contributed by atoms with Crippen LogP contribution in [0.5, 0.6) is 0 Å². The summed E-state index contributed by atoms with van der Waals surface area (Å²) >= 11 is 7.28. The number of alkyl halides is 3. The number of hydrogen-bond acceptors (Lipinski definition) is 3. The molecule has 1 saturated heterocycles. The molecule has 1 atom stereocenters. The van der Waals surface area contributed by atoms with Gasteiger partial charge in [0, 0.05) is 22.5 Å². The quantitative estimate of drug-likeness (QED) is 0.654. The van der Waals surface area contributed by atoms with Gasteiger partial charge in [0.15, 0.2) is 5.17 Å². The number of halogens is 4. The number of nitrogens with one attached hydrogen (secondary N) is 1. The molecule has 1 aliphatic heterocycles. The van der Waals surface area contributed by atoms with Gasteiger partial charge in [-0.2, -0.15) is 13.2 Å². The minimum absolute atomic E-state index is 0.0743. The van der Waals surface area contributed by atoms with E-state index < -0.39 is 17.8 Å². The van der Waals surface area contributed by atoms with E-state index in [1.807, 2.05) is 6.92 Å². The average molecular weight is 414 g/mol. The summed E-state index contributed by atoms with van der Waals surface area (Å²) in [6.45, 7) is 2.35. The zero-order valence-electron chi connectivity index (χ0n) is 14.1. The Balaban J connectivity index is 1.79. The molecule has 0 saturated carbocycles. The van der Waals surface area contributed by atoms with E-state index in [0.717, 1.165) is 12.1 Å². The van der Waals surface area contributed by atoms with Gasteiger partial charge in [-0.1, -0.05) is 36.4 Å². The van der Waals surface area contributed by atoms with Crippen LogP contribution in [0.25, 0.3) is 0 Å². The maximum Gasteiger partial charge on any atom is 0.416 e. The summed E-state index contributed by atoms with van der Waals surface area (Å²) in [4.78, 5) is 18.5. The lowest BCUT2D eigenvalue weighted by molar-refractivity contribution is -0.137. The highest BCUT2D eigenvalue weighted by molar-refractivity contribution is 8.14. The van der Waals surface area contributed by atoms with Gasteiger partial charge in [0.1, 0.15) is 0 Å².